The van der Waals surface area contributed by atoms with Crippen LogP contribution in [0.25, 0.3) is 0 Å². The van der Waals surface area contributed by atoms with E-state index in [0.29, 0.717) is 0 Å². The molecule has 1 saturated carbocycles. The van der Waals surface area contributed by atoms with Gasteiger partial charge in [-0.05, 0) is 48.1 Å². The quantitative estimate of drug-likeness (QED) is 0.764. The van der Waals surface area contributed by atoms with Crippen LogP contribution in [0.15, 0.2) is 0 Å². The minimum Gasteiger partial charge on any atom is -0.310 e. The lowest BCUT2D eigenvalue weighted by Crippen LogP contribution is -2.20. The van der Waals surface area contributed by atoms with Crippen LogP contribution >= 0.6 is 0 Å². The Hall–Kier alpha value is -0.970. The first-order valence-corrected chi connectivity index (χ1v) is 6.75. The molecule has 0 aliphatic heterocycles. The van der Waals surface area contributed by atoms with Crippen LogP contribution in [0.5, 0.6) is 0 Å². The second kappa shape index (κ2) is 6.10. The molecule has 17 heavy (non-hydrogen) atoms. The molecule has 0 spiro atoms. The fourth-order valence-corrected chi connectivity index (χ4v) is 2.60. The van der Waals surface area contributed by atoms with Crippen LogP contribution in [0, 0.1) is 11.8 Å². The van der Waals surface area contributed by atoms with Gasteiger partial charge >= 0.3 is 0 Å². The molecule has 2 unspecified atom stereocenters. The van der Waals surface area contributed by atoms with Crippen molar-refractivity contribution >= 4 is 0 Å². The zero-order valence-corrected chi connectivity index (χ0v) is 10.9. The predicted molar refractivity (Wildman–Crippen MR) is 66.3 cm³/mol. The lowest BCUT2D eigenvalue weighted by molar-refractivity contribution is 0.397. The van der Waals surface area contributed by atoms with E-state index in [1.807, 2.05) is 4.68 Å². The van der Waals surface area contributed by atoms with Crippen molar-refractivity contribution in [1.29, 1.82) is 0 Å². The van der Waals surface area contributed by atoms with Crippen LogP contribution in [0.1, 0.15) is 45.4 Å². The Morgan fingerprint density at radius 1 is 1.41 bits per heavy atom. The topological polar surface area (TPSA) is 55.6 Å². The number of aromatic nitrogens is 4. The van der Waals surface area contributed by atoms with Gasteiger partial charge in [0.15, 0.2) is 5.82 Å². The van der Waals surface area contributed by atoms with E-state index in [2.05, 4.69) is 34.7 Å². The van der Waals surface area contributed by atoms with Crippen molar-refractivity contribution in [1.82, 2.24) is 25.5 Å². The first-order valence-electron chi connectivity index (χ1n) is 6.75. The molecule has 0 saturated heterocycles. The SMILES string of the molecule is CCCNCc1nnnn1CC1CCC(C)C1. The van der Waals surface area contributed by atoms with E-state index in [0.717, 1.165) is 43.7 Å². The Morgan fingerprint density at radius 3 is 3.00 bits per heavy atom. The average molecular weight is 237 g/mol. The van der Waals surface area contributed by atoms with Crippen LogP contribution in [-0.2, 0) is 13.1 Å². The molecule has 0 amide bonds. The van der Waals surface area contributed by atoms with Crippen molar-refractivity contribution in [2.75, 3.05) is 6.54 Å². The third-order valence-electron chi connectivity index (χ3n) is 3.55. The summed E-state index contributed by atoms with van der Waals surface area (Å²) in [6.45, 7) is 7.29. The summed E-state index contributed by atoms with van der Waals surface area (Å²) in [7, 11) is 0. The third-order valence-corrected chi connectivity index (χ3v) is 3.55. The summed E-state index contributed by atoms with van der Waals surface area (Å²) >= 11 is 0. The number of nitrogens with one attached hydrogen (secondary N) is 1. The normalized spacial score (nSPS) is 24.4. The lowest BCUT2D eigenvalue weighted by Gasteiger charge is -2.10. The van der Waals surface area contributed by atoms with Gasteiger partial charge in [0, 0.05) is 6.54 Å². The minimum atomic E-state index is 0.762. The van der Waals surface area contributed by atoms with Crippen molar-refractivity contribution in [3.8, 4) is 0 Å². The molecule has 1 aliphatic rings. The van der Waals surface area contributed by atoms with Crippen LogP contribution in [-0.4, -0.2) is 26.8 Å². The largest absolute Gasteiger partial charge is 0.310 e. The van der Waals surface area contributed by atoms with Crippen molar-refractivity contribution in [3.63, 3.8) is 0 Å². The van der Waals surface area contributed by atoms with Crippen molar-refractivity contribution in [2.45, 2.75) is 52.6 Å². The summed E-state index contributed by atoms with van der Waals surface area (Å²) in [5.74, 6) is 2.61. The van der Waals surface area contributed by atoms with Crippen LogP contribution in [0.2, 0.25) is 0 Å². The zero-order chi connectivity index (χ0) is 12.1. The molecule has 2 atom stereocenters. The predicted octanol–water partition coefficient (Wildman–Crippen LogP) is 1.61. The molecule has 5 heteroatoms. The Labute approximate surface area is 103 Å². The van der Waals surface area contributed by atoms with E-state index in [1.54, 1.807) is 0 Å². The molecule has 0 aromatic carbocycles. The highest BCUT2D eigenvalue weighted by atomic mass is 15.5. The van der Waals surface area contributed by atoms with Gasteiger partial charge in [0.2, 0.25) is 0 Å². The molecule has 1 aromatic heterocycles. The Kier molecular flexibility index (Phi) is 4.48. The Bertz CT molecular complexity index is 335. The zero-order valence-electron chi connectivity index (χ0n) is 10.9. The number of hydrogen-bond acceptors (Lipinski definition) is 4. The molecule has 1 heterocycles. The smallest absolute Gasteiger partial charge is 0.165 e. The van der Waals surface area contributed by atoms with Gasteiger partial charge in [0.25, 0.3) is 0 Å². The van der Waals surface area contributed by atoms with Crippen molar-refractivity contribution in [2.24, 2.45) is 11.8 Å². The molecule has 0 radical (unpaired) electrons. The first kappa shape index (κ1) is 12.5. The Morgan fingerprint density at radius 2 is 2.29 bits per heavy atom. The van der Waals surface area contributed by atoms with E-state index in [-0.39, 0.29) is 0 Å². The maximum Gasteiger partial charge on any atom is 0.165 e. The number of nitrogens with zero attached hydrogens (tertiary/aromatic N) is 4. The fourth-order valence-electron chi connectivity index (χ4n) is 2.60. The minimum absolute atomic E-state index is 0.762. The summed E-state index contributed by atoms with van der Waals surface area (Å²) in [5, 5.41) is 15.3. The molecule has 1 N–H and O–H groups in total. The van der Waals surface area contributed by atoms with E-state index in [9.17, 15) is 0 Å². The highest BCUT2D eigenvalue weighted by molar-refractivity contribution is 4.82. The molecule has 1 fully saturated rings. The van der Waals surface area contributed by atoms with Crippen LogP contribution in [0.3, 0.4) is 0 Å². The third kappa shape index (κ3) is 3.49. The number of tetrazole rings is 1. The van der Waals surface area contributed by atoms with Crippen molar-refractivity contribution < 1.29 is 0 Å². The number of hydrogen-bond donors (Lipinski definition) is 1. The lowest BCUT2D eigenvalue weighted by atomic mass is 10.1. The molecule has 5 nitrogen and oxygen atoms in total. The number of rotatable bonds is 6. The maximum atomic E-state index is 4.10. The summed E-state index contributed by atoms with van der Waals surface area (Å²) < 4.78 is 1.98. The van der Waals surface area contributed by atoms with Gasteiger partial charge in [-0.15, -0.1) is 5.10 Å². The van der Waals surface area contributed by atoms with E-state index in [1.165, 1.54) is 19.3 Å². The average Bonchev–Trinajstić information content (AvgIpc) is 2.90. The van der Waals surface area contributed by atoms with Gasteiger partial charge < -0.3 is 5.32 Å². The first-order chi connectivity index (χ1) is 8.29. The van der Waals surface area contributed by atoms with Crippen molar-refractivity contribution in [3.05, 3.63) is 5.82 Å². The van der Waals surface area contributed by atoms with Gasteiger partial charge in [-0.2, -0.15) is 0 Å². The Balaban J connectivity index is 1.85. The monoisotopic (exact) mass is 237 g/mol. The second-order valence-corrected chi connectivity index (χ2v) is 5.24. The van der Waals surface area contributed by atoms with E-state index >= 15 is 0 Å². The molecule has 1 aliphatic carbocycles. The summed E-state index contributed by atoms with van der Waals surface area (Å²) in [6, 6.07) is 0. The molecule has 96 valence electrons. The highest BCUT2D eigenvalue weighted by Crippen LogP contribution is 2.31. The van der Waals surface area contributed by atoms with Gasteiger partial charge in [-0.3, -0.25) is 0 Å². The summed E-state index contributed by atoms with van der Waals surface area (Å²) in [5.41, 5.74) is 0. The van der Waals surface area contributed by atoms with Crippen LogP contribution in [0.4, 0.5) is 0 Å². The molecule has 0 bridgehead atoms. The highest BCUT2D eigenvalue weighted by Gasteiger charge is 2.22. The summed E-state index contributed by atoms with van der Waals surface area (Å²) in [4.78, 5) is 0. The maximum absolute atomic E-state index is 4.10. The van der Waals surface area contributed by atoms with Gasteiger partial charge in [0.1, 0.15) is 0 Å². The fraction of sp³-hybridized carbons (Fsp3) is 0.917. The second-order valence-electron chi connectivity index (χ2n) is 5.24. The summed E-state index contributed by atoms with van der Waals surface area (Å²) in [6.07, 6.45) is 5.14. The van der Waals surface area contributed by atoms with E-state index < -0.39 is 0 Å². The standard InChI is InChI=1S/C12H23N5/c1-3-6-13-8-12-14-15-16-17(12)9-11-5-4-10(2)7-11/h10-11,13H,3-9H2,1-2H3. The molecule has 2 rings (SSSR count). The van der Waals surface area contributed by atoms with Gasteiger partial charge in [0.05, 0.1) is 6.54 Å². The van der Waals surface area contributed by atoms with Crippen LogP contribution < -0.4 is 5.32 Å². The van der Waals surface area contributed by atoms with E-state index in [4.69, 9.17) is 0 Å². The van der Waals surface area contributed by atoms with Gasteiger partial charge in [-0.1, -0.05) is 20.3 Å². The molecular formula is C12H23N5. The molecular weight excluding hydrogens is 214 g/mol. The molecule has 1 aromatic rings. The van der Waals surface area contributed by atoms with Gasteiger partial charge in [-0.25, -0.2) is 4.68 Å².